The van der Waals surface area contributed by atoms with E-state index in [1.165, 1.54) is 4.90 Å². The van der Waals surface area contributed by atoms with Gasteiger partial charge in [0.15, 0.2) is 0 Å². The quantitative estimate of drug-likeness (QED) is 0.425. The summed E-state index contributed by atoms with van der Waals surface area (Å²) in [6.07, 6.45) is -0.114. The highest BCUT2D eigenvalue weighted by Crippen LogP contribution is 2.05. The van der Waals surface area contributed by atoms with Crippen LogP contribution in [-0.2, 0) is 20.9 Å². The Kier molecular flexibility index (Phi) is 6.35. The Hall–Kier alpha value is -2.41. The van der Waals surface area contributed by atoms with Gasteiger partial charge in [-0.25, -0.2) is 5.84 Å². The number of benzene rings is 1. The maximum atomic E-state index is 11.9. The van der Waals surface area contributed by atoms with Crippen molar-refractivity contribution in [2.75, 3.05) is 13.6 Å². The predicted molar refractivity (Wildman–Crippen MR) is 75.7 cm³/mol. The third-order valence-corrected chi connectivity index (χ3v) is 2.87. The van der Waals surface area contributed by atoms with E-state index in [1.54, 1.807) is 7.05 Å². The van der Waals surface area contributed by atoms with Gasteiger partial charge in [-0.2, -0.15) is 0 Å². The number of hydrazine groups is 1. The molecule has 0 bridgehead atoms. The summed E-state index contributed by atoms with van der Waals surface area (Å²) in [6, 6.07) is 9.47. The number of amides is 2. The fourth-order valence-electron chi connectivity index (χ4n) is 1.73. The second kappa shape index (κ2) is 8.01. The second-order valence-corrected chi connectivity index (χ2v) is 4.65. The van der Waals surface area contributed by atoms with Crippen molar-refractivity contribution in [3.63, 3.8) is 0 Å². The Morgan fingerprint density at radius 2 is 1.67 bits per heavy atom. The highest BCUT2D eigenvalue weighted by Gasteiger charge is 2.16. The number of carboxylic acids is 1. The summed E-state index contributed by atoms with van der Waals surface area (Å²) in [4.78, 5) is 35.4. The number of rotatable bonds is 7. The van der Waals surface area contributed by atoms with Crippen molar-refractivity contribution in [2.24, 2.45) is 5.84 Å². The van der Waals surface area contributed by atoms with E-state index < -0.39 is 18.4 Å². The van der Waals surface area contributed by atoms with Crippen LogP contribution in [-0.4, -0.2) is 46.4 Å². The molecule has 0 saturated carbocycles. The monoisotopic (exact) mass is 293 g/mol. The fourth-order valence-corrected chi connectivity index (χ4v) is 1.73. The standard InChI is InChI=1S/C14H19N3O4/c1-16(9-11-5-3-2-4-6-11)12(18)7-8-13(19)17(15)10-14(20)21/h2-6H,7-10,15H2,1H3,(H,20,21). The van der Waals surface area contributed by atoms with Crippen LogP contribution in [0.2, 0.25) is 0 Å². The maximum absolute atomic E-state index is 11.9. The minimum atomic E-state index is -1.20. The molecule has 0 aromatic heterocycles. The summed E-state index contributed by atoms with van der Waals surface area (Å²) in [5.74, 6) is 3.32. The van der Waals surface area contributed by atoms with Crippen molar-refractivity contribution in [3.05, 3.63) is 35.9 Å². The van der Waals surface area contributed by atoms with Gasteiger partial charge in [0.1, 0.15) is 6.54 Å². The van der Waals surface area contributed by atoms with Gasteiger partial charge >= 0.3 is 5.97 Å². The normalized spacial score (nSPS) is 10.0. The van der Waals surface area contributed by atoms with Gasteiger partial charge in [0.25, 0.3) is 0 Å². The molecule has 1 rings (SSSR count). The molecule has 0 atom stereocenters. The first kappa shape index (κ1) is 16.6. The van der Waals surface area contributed by atoms with Gasteiger partial charge in [-0.15, -0.1) is 0 Å². The van der Waals surface area contributed by atoms with Gasteiger partial charge in [-0.1, -0.05) is 30.3 Å². The van der Waals surface area contributed by atoms with Crippen molar-refractivity contribution in [1.82, 2.24) is 9.91 Å². The zero-order valence-electron chi connectivity index (χ0n) is 11.9. The van der Waals surface area contributed by atoms with Gasteiger partial charge in [0.05, 0.1) is 0 Å². The summed E-state index contributed by atoms with van der Waals surface area (Å²) in [6.45, 7) is -0.123. The van der Waals surface area contributed by atoms with Crippen LogP contribution in [0.4, 0.5) is 0 Å². The molecule has 21 heavy (non-hydrogen) atoms. The first-order valence-electron chi connectivity index (χ1n) is 6.45. The van der Waals surface area contributed by atoms with Crippen molar-refractivity contribution in [3.8, 4) is 0 Å². The molecule has 0 unspecified atom stereocenters. The van der Waals surface area contributed by atoms with Crippen LogP contribution in [0.1, 0.15) is 18.4 Å². The number of aliphatic carboxylic acids is 1. The van der Waals surface area contributed by atoms with Gasteiger partial charge in [0, 0.05) is 26.4 Å². The predicted octanol–water partition coefficient (Wildman–Crippen LogP) is 0.212. The molecule has 2 amide bonds. The largest absolute Gasteiger partial charge is 0.480 e. The first-order valence-corrected chi connectivity index (χ1v) is 6.45. The van der Waals surface area contributed by atoms with Crippen molar-refractivity contribution in [1.29, 1.82) is 0 Å². The molecule has 7 nitrogen and oxygen atoms in total. The number of hydrogen-bond acceptors (Lipinski definition) is 4. The average molecular weight is 293 g/mol. The highest BCUT2D eigenvalue weighted by atomic mass is 16.4. The molecule has 114 valence electrons. The Bertz CT molecular complexity index is 504. The van der Waals surface area contributed by atoms with Gasteiger partial charge in [-0.3, -0.25) is 19.4 Å². The summed E-state index contributed by atoms with van der Waals surface area (Å²) >= 11 is 0. The van der Waals surface area contributed by atoms with E-state index in [4.69, 9.17) is 10.9 Å². The summed E-state index contributed by atoms with van der Waals surface area (Å²) < 4.78 is 0. The molecule has 0 aliphatic rings. The van der Waals surface area contributed by atoms with E-state index in [2.05, 4.69) is 0 Å². The fraction of sp³-hybridized carbons (Fsp3) is 0.357. The lowest BCUT2D eigenvalue weighted by atomic mass is 10.2. The summed E-state index contributed by atoms with van der Waals surface area (Å²) in [7, 11) is 1.65. The van der Waals surface area contributed by atoms with E-state index in [-0.39, 0.29) is 18.7 Å². The van der Waals surface area contributed by atoms with E-state index in [9.17, 15) is 14.4 Å². The zero-order valence-corrected chi connectivity index (χ0v) is 11.9. The first-order chi connectivity index (χ1) is 9.90. The molecule has 0 aliphatic carbocycles. The molecule has 3 N–H and O–H groups in total. The van der Waals surface area contributed by atoms with Crippen LogP contribution in [0.5, 0.6) is 0 Å². The summed E-state index contributed by atoms with van der Waals surface area (Å²) in [5.41, 5.74) is 0.992. The van der Waals surface area contributed by atoms with Gasteiger partial charge in [0.2, 0.25) is 11.8 Å². The molecule has 0 radical (unpaired) electrons. The van der Waals surface area contributed by atoms with E-state index >= 15 is 0 Å². The third kappa shape index (κ3) is 6.05. The molecule has 7 heteroatoms. The molecule has 0 fully saturated rings. The number of carbonyl (C=O) groups excluding carboxylic acids is 2. The number of nitrogens with two attached hydrogens (primary N) is 1. The average Bonchev–Trinajstić information content (AvgIpc) is 2.44. The maximum Gasteiger partial charge on any atom is 0.324 e. The third-order valence-electron chi connectivity index (χ3n) is 2.87. The minimum Gasteiger partial charge on any atom is -0.480 e. The van der Waals surface area contributed by atoms with Crippen LogP contribution >= 0.6 is 0 Å². The molecule has 1 aromatic carbocycles. The lowest BCUT2D eigenvalue weighted by Crippen LogP contribution is -2.41. The highest BCUT2D eigenvalue weighted by molar-refractivity contribution is 5.85. The SMILES string of the molecule is CN(Cc1ccccc1)C(=O)CCC(=O)N(N)CC(=O)O. The van der Waals surface area contributed by atoms with Gasteiger partial charge in [-0.05, 0) is 5.56 Å². The number of carbonyl (C=O) groups is 3. The molecule has 1 aromatic rings. The Morgan fingerprint density at radius 3 is 2.24 bits per heavy atom. The minimum absolute atomic E-state index is 0.00448. The Labute approximate surface area is 122 Å². The van der Waals surface area contributed by atoms with Crippen LogP contribution in [0.25, 0.3) is 0 Å². The molecular formula is C14H19N3O4. The van der Waals surface area contributed by atoms with Crippen LogP contribution in [0.3, 0.4) is 0 Å². The Balaban J connectivity index is 2.39. The van der Waals surface area contributed by atoms with Crippen LogP contribution in [0.15, 0.2) is 30.3 Å². The second-order valence-electron chi connectivity index (χ2n) is 4.65. The lowest BCUT2D eigenvalue weighted by molar-refractivity contribution is -0.145. The van der Waals surface area contributed by atoms with E-state index in [0.717, 1.165) is 5.56 Å². The number of nitrogens with zero attached hydrogens (tertiary/aromatic N) is 2. The molecule has 0 heterocycles. The number of carboxylic acid groups (broad SMARTS) is 1. The molecule has 0 aliphatic heterocycles. The van der Waals surface area contributed by atoms with Crippen molar-refractivity contribution < 1.29 is 19.5 Å². The topological polar surface area (TPSA) is 104 Å². The van der Waals surface area contributed by atoms with Gasteiger partial charge < -0.3 is 10.0 Å². The van der Waals surface area contributed by atoms with E-state index in [0.29, 0.717) is 11.6 Å². The van der Waals surface area contributed by atoms with Crippen LogP contribution < -0.4 is 5.84 Å². The molecular weight excluding hydrogens is 274 g/mol. The number of hydrogen-bond donors (Lipinski definition) is 2. The smallest absolute Gasteiger partial charge is 0.324 e. The van der Waals surface area contributed by atoms with E-state index in [1.807, 2.05) is 30.3 Å². The summed E-state index contributed by atoms with van der Waals surface area (Å²) in [5, 5.41) is 9.12. The molecule has 0 spiro atoms. The van der Waals surface area contributed by atoms with Crippen molar-refractivity contribution >= 4 is 17.8 Å². The lowest BCUT2D eigenvalue weighted by Gasteiger charge is -2.18. The zero-order chi connectivity index (χ0) is 15.8. The van der Waals surface area contributed by atoms with Crippen LogP contribution in [0, 0.1) is 0 Å². The van der Waals surface area contributed by atoms with Crippen molar-refractivity contribution in [2.45, 2.75) is 19.4 Å². The molecule has 0 saturated heterocycles. The Morgan fingerprint density at radius 1 is 1.10 bits per heavy atom.